The third-order valence-corrected chi connectivity index (χ3v) is 6.69. The summed E-state index contributed by atoms with van der Waals surface area (Å²) in [7, 11) is -2.67. The number of hydrogen-bond donors (Lipinski definition) is 0. The van der Waals surface area contributed by atoms with Gasteiger partial charge in [-0.2, -0.15) is 0 Å². The molecule has 0 spiro atoms. The Labute approximate surface area is 175 Å². The lowest BCUT2D eigenvalue weighted by Crippen LogP contribution is -2.47. The van der Waals surface area contributed by atoms with Crippen molar-refractivity contribution >= 4 is 33.2 Å². The number of carbonyl (C=O) groups is 1. The molecule has 0 unspecified atom stereocenters. The van der Waals surface area contributed by atoms with Gasteiger partial charge in [0.1, 0.15) is 17.2 Å². The van der Waals surface area contributed by atoms with Crippen LogP contribution in [0.1, 0.15) is 5.56 Å². The lowest BCUT2D eigenvalue weighted by atomic mass is 10.2. The number of carbonyl (C=O) groups excluding carboxylic acids is 1. The maximum atomic E-state index is 13.6. The molecular weight excluding hydrogens is 416 g/mol. The van der Waals surface area contributed by atoms with Crippen LogP contribution in [0.25, 0.3) is 0 Å². The predicted octanol–water partition coefficient (Wildman–Crippen LogP) is 2.71. The van der Waals surface area contributed by atoms with Crippen molar-refractivity contribution in [3.05, 3.63) is 53.1 Å². The molecule has 1 heterocycles. The summed E-state index contributed by atoms with van der Waals surface area (Å²) in [4.78, 5) is 14.5. The van der Waals surface area contributed by atoms with Crippen molar-refractivity contribution in [2.75, 3.05) is 44.3 Å². The molecule has 0 saturated carbocycles. The topological polar surface area (TPSA) is 76.2 Å². The first-order valence-electron chi connectivity index (χ1n) is 9.11. The summed E-state index contributed by atoms with van der Waals surface area (Å²) in [6.45, 7) is 3.20. The Bertz CT molecular complexity index is 973. The van der Waals surface area contributed by atoms with Gasteiger partial charge in [-0.05, 0) is 48.9 Å². The molecule has 3 rings (SSSR count). The average Bonchev–Trinajstić information content (AvgIpc) is 2.73. The van der Waals surface area contributed by atoms with E-state index in [0.717, 1.165) is 9.87 Å². The minimum absolute atomic E-state index is 0.00438. The van der Waals surface area contributed by atoms with Crippen molar-refractivity contribution in [3.63, 3.8) is 0 Å². The number of methoxy groups -OCH3 is 1. The van der Waals surface area contributed by atoms with Crippen molar-refractivity contribution in [2.24, 2.45) is 0 Å². The molecule has 0 aromatic heterocycles. The van der Waals surface area contributed by atoms with Gasteiger partial charge in [-0.3, -0.25) is 9.10 Å². The Morgan fingerprint density at radius 2 is 1.83 bits per heavy atom. The van der Waals surface area contributed by atoms with E-state index in [0.29, 0.717) is 37.0 Å². The lowest BCUT2D eigenvalue weighted by Gasteiger charge is -2.31. The number of sulfonamides is 1. The normalized spacial score (nSPS) is 14.5. The number of ether oxygens (including phenoxy) is 2. The molecule has 0 radical (unpaired) electrons. The van der Waals surface area contributed by atoms with Crippen LogP contribution in [0, 0.1) is 6.92 Å². The number of hydrogen-bond acceptors (Lipinski definition) is 5. The van der Waals surface area contributed by atoms with Crippen molar-refractivity contribution in [1.82, 2.24) is 4.90 Å². The number of morpholine rings is 1. The molecule has 0 bridgehead atoms. The Morgan fingerprint density at radius 3 is 2.45 bits per heavy atom. The van der Waals surface area contributed by atoms with E-state index < -0.39 is 10.0 Å². The SMILES string of the molecule is COc1ccc(C)cc1S(=O)(=O)N(CC(=O)N1CCOCC1)c1ccc(Cl)cc1. The Kier molecular flexibility index (Phi) is 6.66. The molecule has 0 atom stereocenters. The highest BCUT2D eigenvalue weighted by molar-refractivity contribution is 7.93. The maximum Gasteiger partial charge on any atom is 0.268 e. The van der Waals surface area contributed by atoms with Gasteiger partial charge in [0.05, 0.1) is 26.0 Å². The molecule has 1 fully saturated rings. The molecule has 1 amide bonds. The zero-order valence-corrected chi connectivity index (χ0v) is 17.9. The molecule has 1 aliphatic rings. The smallest absolute Gasteiger partial charge is 0.268 e. The monoisotopic (exact) mass is 438 g/mol. The molecule has 9 heteroatoms. The number of rotatable bonds is 6. The van der Waals surface area contributed by atoms with E-state index >= 15 is 0 Å². The van der Waals surface area contributed by atoms with Crippen LogP contribution in [0.2, 0.25) is 5.02 Å². The van der Waals surface area contributed by atoms with Crippen LogP contribution < -0.4 is 9.04 Å². The van der Waals surface area contributed by atoms with Gasteiger partial charge in [-0.1, -0.05) is 17.7 Å². The van der Waals surface area contributed by atoms with Crippen LogP contribution in [-0.4, -0.2) is 59.2 Å². The highest BCUT2D eigenvalue weighted by Gasteiger charge is 2.31. The molecule has 1 aliphatic heterocycles. The van der Waals surface area contributed by atoms with Gasteiger partial charge in [0.15, 0.2) is 0 Å². The minimum atomic E-state index is -4.08. The number of amides is 1. The summed E-state index contributed by atoms with van der Waals surface area (Å²) < 4.78 is 38.8. The van der Waals surface area contributed by atoms with Gasteiger partial charge in [-0.15, -0.1) is 0 Å². The largest absolute Gasteiger partial charge is 0.495 e. The second-order valence-electron chi connectivity index (χ2n) is 6.64. The molecular formula is C20H23ClN2O5S. The highest BCUT2D eigenvalue weighted by Crippen LogP contribution is 2.31. The van der Waals surface area contributed by atoms with E-state index in [1.807, 2.05) is 0 Å². The van der Waals surface area contributed by atoms with Gasteiger partial charge in [-0.25, -0.2) is 8.42 Å². The maximum absolute atomic E-state index is 13.6. The van der Waals surface area contributed by atoms with Gasteiger partial charge in [0.2, 0.25) is 5.91 Å². The van der Waals surface area contributed by atoms with Crippen molar-refractivity contribution in [2.45, 2.75) is 11.8 Å². The first kappa shape index (κ1) is 21.4. The van der Waals surface area contributed by atoms with Gasteiger partial charge in [0.25, 0.3) is 10.0 Å². The second kappa shape index (κ2) is 9.02. The molecule has 2 aromatic carbocycles. The first-order chi connectivity index (χ1) is 13.8. The first-order valence-corrected chi connectivity index (χ1v) is 10.9. The van der Waals surface area contributed by atoms with E-state index in [1.165, 1.54) is 13.2 Å². The highest BCUT2D eigenvalue weighted by atomic mass is 35.5. The van der Waals surface area contributed by atoms with E-state index in [2.05, 4.69) is 0 Å². The van der Waals surface area contributed by atoms with Crippen molar-refractivity contribution in [1.29, 1.82) is 0 Å². The van der Waals surface area contributed by atoms with E-state index in [9.17, 15) is 13.2 Å². The third kappa shape index (κ3) is 4.83. The van der Waals surface area contributed by atoms with Gasteiger partial charge >= 0.3 is 0 Å². The molecule has 0 aliphatic carbocycles. The predicted molar refractivity (Wildman–Crippen MR) is 111 cm³/mol. The summed E-state index contributed by atoms with van der Waals surface area (Å²) in [5, 5.41) is 0.471. The summed E-state index contributed by atoms with van der Waals surface area (Å²) in [5.74, 6) is -0.0770. The van der Waals surface area contributed by atoms with Crippen molar-refractivity contribution < 1.29 is 22.7 Å². The van der Waals surface area contributed by atoms with Gasteiger partial charge < -0.3 is 14.4 Å². The van der Waals surface area contributed by atoms with E-state index in [-0.39, 0.29) is 23.1 Å². The van der Waals surface area contributed by atoms with E-state index in [1.54, 1.807) is 48.2 Å². The molecule has 29 heavy (non-hydrogen) atoms. The summed E-state index contributed by atoms with van der Waals surface area (Å²) >= 11 is 5.97. The fraction of sp³-hybridized carbons (Fsp3) is 0.350. The minimum Gasteiger partial charge on any atom is -0.495 e. The summed E-state index contributed by atoms with van der Waals surface area (Å²) in [5.41, 5.74) is 1.11. The van der Waals surface area contributed by atoms with Crippen LogP contribution in [0.3, 0.4) is 0 Å². The Balaban J connectivity index is 2.03. The quantitative estimate of drug-likeness (QED) is 0.693. The zero-order valence-electron chi connectivity index (χ0n) is 16.3. The number of aryl methyl sites for hydroxylation is 1. The van der Waals surface area contributed by atoms with Crippen LogP contribution in [-0.2, 0) is 19.6 Å². The lowest BCUT2D eigenvalue weighted by molar-refractivity contribution is -0.133. The Morgan fingerprint density at radius 1 is 1.17 bits per heavy atom. The number of nitrogens with zero attached hydrogens (tertiary/aromatic N) is 2. The van der Waals surface area contributed by atoms with Crippen LogP contribution in [0.4, 0.5) is 5.69 Å². The molecule has 0 N–H and O–H groups in total. The summed E-state index contributed by atoms with van der Waals surface area (Å²) in [6.07, 6.45) is 0. The Hall–Kier alpha value is -2.29. The van der Waals surface area contributed by atoms with Crippen molar-refractivity contribution in [3.8, 4) is 5.75 Å². The average molecular weight is 439 g/mol. The fourth-order valence-corrected chi connectivity index (χ4v) is 4.85. The van der Waals surface area contributed by atoms with Crippen LogP contribution in [0.15, 0.2) is 47.4 Å². The van der Waals surface area contributed by atoms with E-state index in [4.69, 9.17) is 21.1 Å². The fourth-order valence-electron chi connectivity index (χ4n) is 3.06. The van der Waals surface area contributed by atoms with Gasteiger partial charge in [0, 0.05) is 18.1 Å². The third-order valence-electron chi connectivity index (χ3n) is 4.64. The molecule has 2 aromatic rings. The standard InChI is InChI=1S/C20H23ClN2O5S/c1-15-3-8-18(27-2)19(13-15)29(25,26)23(17-6-4-16(21)5-7-17)14-20(24)22-9-11-28-12-10-22/h3-8,13H,9-12,14H2,1-2H3. The number of benzene rings is 2. The zero-order chi connectivity index (χ0) is 21.0. The van der Waals surface area contributed by atoms with Crippen LogP contribution in [0.5, 0.6) is 5.75 Å². The molecule has 7 nitrogen and oxygen atoms in total. The number of halogens is 1. The summed E-state index contributed by atoms with van der Waals surface area (Å²) in [6, 6.07) is 11.2. The van der Waals surface area contributed by atoms with Crippen LogP contribution >= 0.6 is 11.6 Å². The number of anilines is 1. The molecule has 156 valence electrons. The molecule has 1 saturated heterocycles. The second-order valence-corrected chi connectivity index (χ2v) is 8.90.